The number of ether oxygens (including phenoxy) is 2. The number of hydrogen-bond acceptors (Lipinski definition) is 4. The molecule has 18 heavy (non-hydrogen) atoms. The first-order chi connectivity index (χ1) is 8.75. The van der Waals surface area contributed by atoms with Crippen LogP contribution in [0.4, 0.5) is 8.78 Å². The molecule has 0 aromatic carbocycles. The molecule has 1 unspecified atom stereocenters. The van der Waals surface area contributed by atoms with E-state index in [2.05, 4.69) is 11.0 Å². The predicted octanol–water partition coefficient (Wildman–Crippen LogP) is 2.40. The van der Waals surface area contributed by atoms with Crippen molar-refractivity contribution in [2.75, 3.05) is 39.5 Å². The Bertz CT molecular complexity index is 335. The Labute approximate surface area is 109 Å². The Kier molecular flexibility index (Phi) is 5.49. The van der Waals surface area contributed by atoms with Gasteiger partial charge in [-0.05, 0) is 11.4 Å². The number of alkyl halides is 2. The minimum absolute atomic E-state index is 0.105. The molecule has 2 rings (SSSR count). The van der Waals surface area contributed by atoms with E-state index in [9.17, 15) is 8.78 Å². The lowest BCUT2D eigenvalue weighted by Gasteiger charge is -2.32. The maximum absolute atomic E-state index is 11.9. The summed E-state index contributed by atoms with van der Waals surface area (Å²) in [5.41, 5.74) is 0. The average molecular weight is 277 g/mol. The van der Waals surface area contributed by atoms with Gasteiger partial charge in [0.2, 0.25) is 0 Å². The number of rotatable bonds is 6. The van der Waals surface area contributed by atoms with Gasteiger partial charge in [0.25, 0.3) is 6.43 Å². The molecule has 2 heterocycles. The van der Waals surface area contributed by atoms with Crippen LogP contribution in [0.15, 0.2) is 17.5 Å². The second-order valence-corrected chi connectivity index (χ2v) is 5.12. The van der Waals surface area contributed by atoms with Gasteiger partial charge in [0.15, 0.2) is 0 Å². The average Bonchev–Trinajstić information content (AvgIpc) is 2.89. The summed E-state index contributed by atoms with van der Waals surface area (Å²) < 4.78 is 34.4. The lowest BCUT2D eigenvalue weighted by Crippen LogP contribution is -2.40. The standard InChI is InChI=1S/C12H17F2NO2S/c13-12(14)9-16-5-3-15-4-6-17-10(8-15)11-2-1-7-18-11/h1-2,7,10,12H,3-6,8-9H2. The van der Waals surface area contributed by atoms with Crippen LogP contribution in [0.2, 0.25) is 0 Å². The lowest BCUT2D eigenvalue weighted by atomic mass is 10.2. The van der Waals surface area contributed by atoms with Crippen molar-refractivity contribution in [3.8, 4) is 0 Å². The molecule has 0 amide bonds. The Morgan fingerprint density at radius 3 is 3.17 bits per heavy atom. The minimum atomic E-state index is -2.38. The van der Waals surface area contributed by atoms with Crippen LogP contribution in [0, 0.1) is 0 Å². The fourth-order valence-electron chi connectivity index (χ4n) is 1.92. The Hall–Kier alpha value is -0.560. The third-order valence-electron chi connectivity index (χ3n) is 2.81. The highest BCUT2D eigenvalue weighted by molar-refractivity contribution is 7.10. The van der Waals surface area contributed by atoms with Crippen LogP contribution in [0.3, 0.4) is 0 Å². The summed E-state index contributed by atoms with van der Waals surface area (Å²) in [6.45, 7) is 2.87. The SMILES string of the molecule is FC(F)COCCN1CCOC(c2cccs2)C1. The van der Waals surface area contributed by atoms with Gasteiger partial charge in [-0.15, -0.1) is 11.3 Å². The van der Waals surface area contributed by atoms with Gasteiger partial charge in [0.05, 0.1) is 13.2 Å². The third-order valence-corrected chi connectivity index (χ3v) is 3.77. The van der Waals surface area contributed by atoms with Gasteiger partial charge in [0.1, 0.15) is 12.7 Å². The Morgan fingerprint density at radius 2 is 2.44 bits per heavy atom. The van der Waals surface area contributed by atoms with Gasteiger partial charge in [-0.3, -0.25) is 4.90 Å². The number of nitrogens with zero attached hydrogens (tertiary/aromatic N) is 1. The molecule has 0 aliphatic carbocycles. The quantitative estimate of drug-likeness (QED) is 0.745. The Morgan fingerprint density at radius 1 is 1.56 bits per heavy atom. The highest BCUT2D eigenvalue weighted by atomic mass is 32.1. The molecule has 1 fully saturated rings. The summed E-state index contributed by atoms with van der Waals surface area (Å²) in [4.78, 5) is 3.41. The summed E-state index contributed by atoms with van der Waals surface area (Å²) in [6.07, 6.45) is -2.28. The van der Waals surface area contributed by atoms with E-state index in [1.165, 1.54) is 4.88 Å². The number of morpholine rings is 1. The van der Waals surface area contributed by atoms with E-state index in [1.54, 1.807) is 11.3 Å². The van der Waals surface area contributed by atoms with Crippen molar-refractivity contribution in [3.63, 3.8) is 0 Å². The maximum atomic E-state index is 11.9. The molecule has 102 valence electrons. The maximum Gasteiger partial charge on any atom is 0.261 e. The molecular formula is C12H17F2NO2S. The second kappa shape index (κ2) is 7.13. The van der Waals surface area contributed by atoms with Crippen molar-refractivity contribution in [3.05, 3.63) is 22.4 Å². The molecule has 0 bridgehead atoms. The molecule has 1 aliphatic rings. The predicted molar refractivity (Wildman–Crippen MR) is 66.3 cm³/mol. The van der Waals surface area contributed by atoms with Gasteiger partial charge in [0, 0.05) is 24.5 Å². The summed E-state index contributed by atoms with van der Waals surface area (Å²) in [7, 11) is 0. The zero-order valence-electron chi connectivity index (χ0n) is 10.1. The summed E-state index contributed by atoms with van der Waals surface area (Å²) in [5.74, 6) is 0. The summed E-state index contributed by atoms with van der Waals surface area (Å²) >= 11 is 1.68. The Balaban J connectivity index is 1.70. The van der Waals surface area contributed by atoms with E-state index >= 15 is 0 Å². The molecule has 1 saturated heterocycles. The van der Waals surface area contributed by atoms with E-state index in [0.29, 0.717) is 19.8 Å². The molecule has 0 N–H and O–H groups in total. The van der Waals surface area contributed by atoms with Crippen LogP contribution >= 0.6 is 11.3 Å². The second-order valence-electron chi connectivity index (χ2n) is 4.14. The van der Waals surface area contributed by atoms with Crippen molar-refractivity contribution >= 4 is 11.3 Å². The first kappa shape index (κ1) is 13.9. The first-order valence-electron chi connectivity index (χ1n) is 5.99. The third kappa shape index (κ3) is 4.28. The van der Waals surface area contributed by atoms with Gasteiger partial charge in [-0.1, -0.05) is 6.07 Å². The van der Waals surface area contributed by atoms with E-state index in [1.807, 2.05) is 11.4 Å². The van der Waals surface area contributed by atoms with Crippen LogP contribution in [0.1, 0.15) is 11.0 Å². The van der Waals surface area contributed by atoms with E-state index < -0.39 is 13.0 Å². The topological polar surface area (TPSA) is 21.7 Å². The first-order valence-corrected chi connectivity index (χ1v) is 6.87. The fraction of sp³-hybridized carbons (Fsp3) is 0.667. The van der Waals surface area contributed by atoms with Crippen LogP contribution in [-0.4, -0.2) is 50.8 Å². The van der Waals surface area contributed by atoms with Gasteiger partial charge < -0.3 is 9.47 Å². The normalized spacial score (nSPS) is 21.6. The van der Waals surface area contributed by atoms with E-state index in [0.717, 1.165) is 13.1 Å². The van der Waals surface area contributed by atoms with E-state index in [4.69, 9.17) is 9.47 Å². The van der Waals surface area contributed by atoms with Crippen LogP contribution in [-0.2, 0) is 9.47 Å². The van der Waals surface area contributed by atoms with Gasteiger partial charge in [-0.25, -0.2) is 8.78 Å². The largest absolute Gasteiger partial charge is 0.374 e. The van der Waals surface area contributed by atoms with Crippen molar-refractivity contribution in [2.24, 2.45) is 0 Å². The smallest absolute Gasteiger partial charge is 0.261 e. The number of halogens is 2. The minimum Gasteiger partial charge on any atom is -0.374 e. The molecular weight excluding hydrogens is 260 g/mol. The van der Waals surface area contributed by atoms with Crippen LogP contribution in [0.25, 0.3) is 0 Å². The van der Waals surface area contributed by atoms with Crippen molar-refractivity contribution < 1.29 is 18.3 Å². The molecule has 1 aromatic rings. The number of thiophene rings is 1. The lowest BCUT2D eigenvalue weighted by molar-refractivity contribution is -0.0431. The van der Waals surface area contributed by atoms with Gasteiger partial charge >= 0.3 is 0 Å². The molecule has 1 aliphatic heterocycles. The summed E-state index contributed by atoms with van der Waals surface area (Å²) in [5, 5.41) is 2.03. The highest BCUT2D eigenvalue weighted by Gasteiger charge is 2.22. The zero-order chi connectivity index (χ0) is 12.8. The molecule has 6 heteroatoms. The van der Waals surface area contributed by atoms with Crippen molar-refractivity contribution in [1.82, 2.24) is 4.90 Å². The zero-order valence-corrected chi connectivity index (χ0v) is 10.9. The molecule has 1 atom stereocenters. The van der Waals surface area contributed by atoms with Crippen LogP contribution in [0.5, 0.6) is 0 Å². The monoisotopic (exact) mass is 277 g/mol. The highest BCUT2D eigenvalue weighted by Crippen LogP contribution is 2.25. The molecule has 1 aromatic heterocycles. The van der Waals surface area contributed by atoms with Crippen LogP contribution < -0.4 is 0 Å². The molecule has 3 nitrogen and oxygen atoms in total. The number of hydrogen-bond donors (Lipinski definition) is 0. The van der Waals surface area contributed by atoms with Crippen molar-refractivity contribution in [2.45, 2.75) is 12.5 Å². The van der Waals surface area contributed by atoms with Crippen molar-refractivity contribution in [1.29, 1.82) is 0 Å². The molecule has 0 spiro atoms. The fourth-order valence-corrected chi connectivity index (χ4v) is 2.68. The molecule has 0 radical (unpaired) electrons. The van der Waals surface area contributed by atoms with Gasteiger partial charge in [-0.2, -0.15) is 0 Å². The summed E-state index contributed by atoms with van der Waals surface area (Å²) in [6, 6.07) is 4.07. The molecule has 0 saturated carbocycles. The van der Waals surface area contributed by atoms with E-state index in [-0.39, 0.29) is 6.10 Å².